The first-order chi connectivity index (χ1) is 14.9. The Morgan fingerprint density at radius 1 is 0.968 bits per heavy atom. The molecule has 1 N–H and O–H groups in total. The van der Waals surface area contributed by atoms with Gasteiger partial charge in [-0.3, -0.25) is 4.90 Å². The minimum atomic E-state index is -4.35. The summed E-state index contributed by atoms with van der Waals surface area (Å²) in [5.41, 5.74) is 1.16. The number of nitrogens with zero attached hydrogens (tertiary/aromatic N) is 3. The number of likely N-dealkylation sites (tertiary alicyclic amines) is 1. The Morgan fingerprint density at radius 3 is 2.42 bits per heavy atom. The lowest BCUT2D eigenvalue weighted by molar-refractivity contribution is -0.137. The number of benzene rings is 2. The molecule has 1 atom stereocenters. The fourth-order valence-electron chi connectivity index (χ4n) is 4.25. The summed E-state index contributed by atoms with van der Waals surface area (Å²) >= 11 is 0. The van der Waals surface area contributed by atoms with Crippen molar-refractivity contribution in [2.45, 2.75) is 25.2 Å². The topological polar surface area (TPSA) is 38.8 Å². The molecule has 0 saturated carbocycles. The van der Waals surface area contributed by atoms with Gasteiger partial charge in [-0.25, -0.2) is 4.79 Å². The fraction of sp³-hybridized carbons (Fsp3) is 0.435. The van der Waals surface area contributed by atoms with Crippen LogP contribution < -0.4 is 10.2 Å². The van der Waals surface area contributed by atoms with Gasteiger partial charge in [0.25, 0.3) is 0 Å². The molecular formula is C23H27F3N4O. The van der Waals surface area contributed by atoms with Crippen LogP contribution in [0.5, 0.6) is 0 Å². The lowest BCUT2D eigenvalue weighted by atomic mass is 10.1. The zero-order valence-corrected chi connectivity index (χ0v) is 17.3. The maximum absolute atomic E-state index is 13.0. The second kappa shape index (κ2) is 9.18. The van der Waals surface area contributed by atoms with Gasteiger partial charge in [0.15, 0.2) is 0 Å². The van der Waals surface area contributed by atoms with Crippen molar-refractivity contribution in [3.63, 3.8) is 0 Å². The second-order valence-electron chi connectivity index (χ2n) is 8.18. The van der Waals surface area contributed by atoms with Crippen molar-refractivity contribution in [3.8, 4) is 0 Å². The molecule has 5 nitrogen and oxygen atoms in total. The van der Waals surface area contributed by atoms with Gasteiger partial charge in [0.2, 0.25) is 0 Å². The zero-order valence-electron chi connectivity index (χ0n) is 17.3. The highest BCUT2D eigenvalue weighted by Gasteiger charge is 2.31. The Balaban J connectivity index is 1.25. The van der Waals surface area contributed by atoms with Crippen molar-refractivity contribution in [2.24, 2.45) is 0 Å². The van der Waals surface area contributed by atoms with Crippen LogP contribution in [0.25, 0.3) is 0 Å². The van der Waals surface area contributed by atoms with Gasteiger partial charge in [-0.05, 0) is 30.2 Å². The first kappa shape index (κ1) is 21.5. The number of hydrogen-bond donors (Lipinski definition) is 1. The summed E-state index contributed by atoms with van der Waals surface area (Å²) in [5.74, 6) is 0. The Hall–Kier alpha value is -2.74. The molecule has 0 aliphatic carbocycles. The number of piperazine rings is 1. The molecule has 0 bridgehead atoms. The molecule has 2 aromatic rings. The molecule has 0 spiro atoms. The quantitative estimate of drug-likeness (QED) is 0.799. The Kier molecular flexibility index (Phi) is 6.36. The van der Waals surface area contributed by atoms with E-state index in [2.05, 4.69) is 22.3 Å². The number of alkyl halides is 3. The van der Waals surface area contributed by atoms with E-state index in [-0.39, 0.29) is 12.1 Å². The minimum absolute atomic E-state index is 0.0877. The number of carbonyl (C=O) groups excluding carboxylic acids is 1. The van der Waals surface area contributed by atoms with Gasteiger partial charge >= 0.3 is 12.2 Å². The molecule has 2 aliphatic heterocycles. The first-order valence-electron chi connectivity index (χ1n) is 10.6. The van der Waals surface area contributed by atoms with Crippen LogP contribution >= 0.6 is 0 Å². The largest absolute Gasteiger partial charge is 0.416 e. The van der Waals surface area contributed by atoms with Crippen LogP contribution in [0, 0.1) is 0 Å². The highest BCUT2D eigenvalue weighted by atomic mass is 19.4. The molecule has 0 aromatic heterocycles. The van der Waals surface area contributed by atoms with Gasteiger partial charge in [-0.15, -0.1) is 0 Å². The molecular weight excluding hydrogens is 405 g/mol. The molecule has 2 amide bonds. The van der Waals surface area contributed by atoms with Crippen LogP contribution in [0.15, 0.2) is 54.6 Å². The monoisotopic (exact) mass is 432 g/mol. The predicted octanol–water partition coefficient (Wildman–Crippen LogP) is 3.81. The number of rotatable bonds is 4. The molecule has 0 radical (unpaired) electrons. The van der Waals surface area contributed by atoms with Crippen molar-refractivity contribution in [1.82, 2.24) is 15.1 Å². The summed E-state index contributed by atoms with van der Waals surface area (Å²) < 4.78 is 38.9. The summed E-state index contributed by atoms with van der Waals surface area (Å²) in [7, 11) is 0. The van der Waals surface area contributed by atoms with E-state index in [9.17, 15) is 18.0 Å². The van der Waals surface area contributed by atoms with Crippen LogP contribution in [0.1, 0.15) is 17.5 Å². The molecule has 2 aliphatic rings. The third-order valence-electron chi connectivity index (χ3n) is 5.95. The van der Waals surface area contributed by atoms with Crippen molar-refractivity contribution >= 4 is 11.7 Å². The number of anilines is 1. The Labute approximate surface area is 180 Å². The molecule has 8 heteroatoms. The average Bonchev–Trinajstić information content (AvgIpc) is 3.20. The summed E-state index contributed by atoms with van der Waals surface area (Å²) in [5, 5.41) is 3.13. The van der Waals surface area contributed by atoms with Crippen LogP contribution in [0.4, 0.5) is 23.7 Å². The number of amides is 2. The van der Waals surface area contributed by atoms with E-state index in [4.69, 9.17) is 0 Å². The number of urea groups is 1. The Bertz CT molecular complexity index is 882. The van der Waals surface area contributed by atoms with Crippen LogP contribution in [-0.2, 0) is 12.7 Å². The van der Waals surface area contributed by atoms with Gasteiger partial charge in [0, 0.05) is 57.5 Å². The van der Waals surface area contributed by atoms with Gasteiger partial charge in [0.1, 0.15) is 0 Å². The predicted molar refractivity (Wildman–Crippen MR) is 114 cm³/mol. The summed E-state index contributed by atoms with van der Waals surface area (Å²) in [6.45, 7) is 4.65. The maximum atomic E-state index is 13.0. The highest BCUT2D eigenvalue weighted by molar-refractivity contribution is 5.75. The third kappa shape index (κ3) is 5.50. The van der Waals surface area contributed by atoms with E-state index < -0.39 is 11.7 Å². The molecule has 2 saturated heterocycles. The molecule has 4 rings (SSSR count). The van der Waals surface area contributed by atoms with Crippen molar-refractivity contribution in [3.05, 3.63) is 65.7 Å². The molecule has 2 aromatic carbocycles. The van der Waals surface area contributed by atoms with E-state index in [0.29, 0.717) is 31.9 Å². The van der Waals surface area contributed by atoms with Crippen LogP contribution in [-0.4, -0.2) is 61.1 Å². The number of carbonyl (C=O) groups is 1. The minimum Gasteiger partial charge on any atom is -0.368 e. The van der Waals surface area contributed by atoms with E-state index in [1.54, 1.807) is 11.0 Å². The average molecular weight is 432 g/mol. The fourth-order valence-corrected chi connectivity index (χ4v) is 4.25. The van der Waals surface area contributed by atoms with Gasteiger partial charge < -0.3 is 15.1 Å². The van der Waals surface area contributed by atoms with Gasteiger partial charge in [-0.2, -0.15) is 13.2 Å². The number of halogens is 3. The SMILES string of the molecule is O=C(NC1CCN(Cc2ccccc2)C1)N1CCN(c2cccc(C(F)(F)F)c2)CC1. The maximum Gasteiger partial charge on any atom is 0.416 e. The van der Waals surface area contributed by atoms with Crippen LogP contribution in [0.2, 0.25) is 0 Å². The zero-order chi connectivity index (χ0) is 21.8. The van der Waals surface area contributed by atoms with Gasteiger partial charge in [0.05, 0.1) is 5.56 Å². The lowest BCUT2D eigenvalue weighted by Crippen LogP contribution is -2.53. The molecule has 2 fully saturated rings. The van der Waals surface area contributed by atoms with E-state index in [1.165, 1.54) is 17.7 Å². The summed E-state index contributed by atoms with van der Waals surface area (Å²) in [6, 6.07) is 15.7. The molecule has 2 heterocycles. The standard InChI is InChI=1S/C23H27F3N4O/c24-23(25,26)19-7-4-8-21(15-19)29-11-13-30(14-12-29)22(31)27-20-9-10-28(17-20)16-18-5-2-1-3-6-18/h1-8,15,20H,9-14,16-17H2,(H,27,31). The number of nitrogens with one attached hydrogen (secondary N) is 1. The smallest absolute Gasteiger partial charge is 0.368 e. The number of hydrogen-bond acceptors (Lipinski definition) is 3. The molecule has 1 unspecified atom stereocenters. The first-order valence-corrected chi connectivity index (χ1v) is 10.6. The summed E-state index contributed by atoms with van der Waals surface area (Å²) in [4.78, 5) is 18.7. The van der Waals surface area contributed by atoms with E-state index in [1.807, 2.05) is 23.1 Å². The second-order valence-corrected chi connectivity index (χ2v) is 8.18. The van der Waals surface area contributed by atoms with Crippen molar-refractivity contribution in [1.29, 1.82) is 0 Å². The highest BCUT2D eigenvalue weighted by Crippen LogP contribution is 2.31. The van der Waals surface area contributed by atoms with E-state index in [0.717, 1.165) is 32.1 Å². The summed E-state index contributed by atoms with van der Waals surface area (Å²) in [6.07, 6.45) is -3.43. The lowest BCUT2D eigenvalue weighted by Gasteiger charge is -2.36. The molecule has 31 heavy (non-hydrogen) atoms. The third-order valence-corrected chi connectivity index (χ3v) is 5.95. The van der Waals surface area contributed by atoms with Crippen molar-refractivity contribution in [2.75, 3.05) is 44.2 Å². The van der Waals surface area contributed by atoms with Crippen LogP contribution in [0.3, 0.4) is 0 Å². The molecule has 166 valence electrons. The van der Waals surface area contributed by atoms with Gasteiger partial charge in [-0.1, -0.05) is 36.4 Å². The van der Waals surface area contributed by atoms with Crippen molar-refractivity contribution < 1.29 is 18.0 Å². The Morgan fingerprint density at radius 2 is 1.71 bits per heavy atom. The van der Waals surface area contributed by atoms with E-state index >= 15 is 0 Å². The normalized spacial score (nSPS) is 20.2.